The quantitative estimate of drug-likeness (QED) is 0.384. The molecule has 82 valence electrons. The second-order valence-corrected chi connectivity index (χ2v) is 4.07. The highest BCUT2D eigenvalue weighted by molar-refractivity contribution is 9.10. The molecule has 0 radical (unpaired) electrons. The third kappa shape index (κ3) is 2.03. The zero-order chi connectivity index (χ0) is 11.7. The number of aromatic amines is 1. The van der Waals surface area contributed by atoms with Crippen molar-refractivity contribution in [3.63, 3.8) is 0 Å². The summed E-state index contributed by atoms with van der Waals surface area (Å²) in [6.45, 7) is 0. The van der Waals surface area contributed by atoms with E-state index < -0.39 is 0 Å². The fourth-order valence-electron chi connectivity index (χ4n) is 1.31. The molecule has 6 nitrogen and oxygen atoms in total. The highest BCUT2D eigenvalue weighted by atomic mass is 79.9. The molecule has 7 heteroatoms. The van der Waals surface area contributed by atoms with E-state index in [0.29, 0.717) is 10.9 Å². The summed E-state index contributed by atoms with van der Waals surface area (Å²) >= 11 is 3.29. The molecule has 0 bridgehead atoms. The first-order chi connectivity index (χ1) is 7.56. The van der Waals surface area contributed by atoms with Gasteiger partial charge in [-0.25, -0.2) is 9.98 Å². The lowest BCUT2D eigenvalue weighted by molar-refractivity contribution is -0.366. The van der Waals surface area contributed by atoms with Gasteiger partial charge in [-0.05, 0) is 18.2 Å². The Morgan fingerprint density at radius 1 is 1.44 bits per heavy atom. The summed E-state index contributed by atoms with van der Waals surface area (Å²) in [6, 6.07) is 5.22. The van der Waals surface area contributed by atoms with Gasteiger partial charge in [-0.15, -0.1) is 4.98 Å². The van der Waals surface area contributed by atoms with Crippen molar-refractivity contribution in [1.29, 1.82) is 0 Å². The minimum Gasteiger partial charge on any atom is -0.323 e. The predicted octanol–water partition coefficient (Wildman–Crippen LogP) is -1.33. The van der Waals surface area contributed by atoms with Crippen LogP contribution in [0, 0.1) is 0 Å². The van der Waals surface area contributed by atoms with Crippen LogP contribution in [0.1, 0.15) is 0 Å². The van der Waals surface area contributed by atoms with Crippen LogP contribution in [0.15, 0.2) is 27.5 Å². The molecule has 0 atom stereocenters. The minimum absolute atomic E-state index is 0.0281. The van der Waals surface area contributed by atoms with Crippen LogP contribution in [-0.2, 0) is 0 Å². The molecule has 0 aliphatic carbocycles. The lowest BCUT2D eigenvalue weighted by Gasteiger charge is -1.95. The van der Waals surface area contributed by atoms with Crippen molar-refractivity contribution in [3.05, 3.63) is 33.0 Å². The first-order valence-electron chi connectivity index (χ1n) is 4.41. The SMILES string of the molecule is NC(N)=[NH+]c1nc2ccc(Br)cc2c(=O)[nH]1. The number of aromatic nitrogens is 2. The number of rotatable bonds is 1. The molecule has 1 heterocycles. The Morgan fingerprint density at radius 2 is 2.19 bits per heavy atom. The van der Waals surface area contributed by atoms with Crippen molar-refractivity contribution in [2.24, 2.45) is 11.5 Å². The summed E-state index contributed by atoms with van der Waals surface area (Å²) < 4.78 is 0.818. The smallest absolute Gasteiger partial charge is 0.323 e. The predicted molar refractivity (Wildman–Crippen MR) is 64.1 cm³/mol. The first-order valence-corrected chi connectivity index (χ1v) is 5.20. The average molecular weight is 283 g/mol. The molecule has 6 N–H and O–H groups in total. The molecular formula is C9H9BrN5O+. The Bertz CT molecular complexity index is 629. The molecule has 16 heavy (non-hydrogen) atoms. The van der Waals surface area contributed by atoms with Crippen molar-refractivity contribution < 1.29 is 4.99 Å². The van der Waals surface area contributed by atoms with Crippen LogP contribution < -0.4 is 22.0 Å². The molecule has 1 aromatic heterocycles. The van der Waals surface area contributed by atoms with E-state index in [2.05, 4.69) is 30.9 Å². The van der Waals surface area contributed by atoms with Gasteiger partial charge >= 0.3 is 5.95 Å². The maximum Gasteiger partial charge on any atom is 0.326 e. The van der Waals surface area contributed by atoms with Gasteiger partial charge in [0.05, 0.1) is 5.39 Å². The van der Waals surface area contributed by atoms with Crippen molar-refractivity contribution in [2.75, 3.05) is 0 Å². The largest absolute Gasteiger partial charge is 0.326 e. The minimum atomic E-state index is -0.255. The molecule has 2 aromatic rings. The number of nitrogens with two attached hydrogens (primary N) is 2. The van der Waals surface area contributed by atoms with Crippen molar-refractivity contribution in [3.8, 4) is 0 Å². The summed E-state index contributed by atoms with van der Waals surface area (Å²) in [5.41, 5.74) is 10.8. The lowest BCUT2D eigenvalue weighted by Crippen LogP contribution is -2.73. The standard InChI is InChI=1S/C9H8BrN5O/c10-4-1-2-6-5(3-4)7(16)14-9(13-6)15-8(11)12/h1-3H,(H5,11,12,13,14,15,16)/p+1. The summed E-state index contributed by atoms with van der Waals surface area (Å²) in [7, 11) is 0. The molecule has 1 aromatic carbocycles. The molecule has 0 saturated carbocycles. The third-order valence-corrected chi connectivity index (χ3v) is 2.42. The summed E-state index contributed by atoms with van der Waals surface area (Å²) in [5, 5.41) is 0.496. The third-order valence-electron chi connectivity index (χ3n) is 1.93. The average Bonchev–Trinajstić information content (AvgIpc) is 2.18. The second kappa shape index (κ2) is 3.93. The monoisotopic (exact) mass is 282 g/mol. The molecule has 2 rings (SSSR count). The van der Waals surface area contributed by atoms with Crippen LogP contribution in [0.25, 0.3) is 10.9 Å². The number of hydrogen-bond acceptors (Lipinski definition) is 2. The summed E-state index contributed by atoms with van der Waals surface area (Å²) in [5.74, 6) is 0.194. The maximum absolute atomic E-state index is 11.7. The molecular weight excluding hydrogens is 274 g/mol. The van der Waals surface area contributed by atoms with E-state index in [1.54, 1.807) is 18.2 Å². The van der Waals surface area contributed by atoms with Crippen molar-refractivity contribution in [2.45, 2.75) is 0 Å². The molecule has 0 fully saturated rings. The van der Waals surface area contributed by atoms with Gasteiger partial charge in [0.2, 0.25) is 0 Å². The Balaban J connectivity index is 2.74. The van der Waals surface area contributed by atoms with E-state index >= 15 is 0 Å². The van der Waals surface area contributed by atoms with Crippen LogP contribution in [0.2, 0.25) is 0 Å². The van der Waals surface area contributed by atoms with E-state index in [0.717, 1.165) is 4.47 Å². The fraction of sp³-hybridized carbons (Fsp3) is 0. The highest BCUT2D eigenvalue weighted by Crippen LogP contribution is 2.14. The number of halogens is 1. The number of benzene rings is 1. The van der Waals surface area contributed by atoms with Crippen LogP contribution in [0.4, 0.5) is 5.95 Å². The Morgan fingerprint density at radius 3 is 2.88 bits per heavy atom. The number of fused-ring (bicyclic) bond motifs is 1. The Hall–Kier alpha value is -1.89. The highest BCUT2D eigenvalue weighted by Gasteiger charge is 2.07. The van der Waals surface area contributed by atoms with E-state index in [-0.39, 0.29) is 17.5 Å². The molecule has 0 unspecified atom stereocenters. The second-order valence-electron chi connectivity index (χ2n) is 3.16. The normalized spacial score (nSPS) is 10.3. The Kier molecular flexibility index (Phi) is 2.61. The van der Waals surface area contributed by atoms with E-state index in [1.807, 2.05) is 0 Å². The van der Waals surface area contributed by atoms with E-state index in [1.165, 1.54) is 0 Å². The lowest BCUT2D eigenvalue weighted by atomic mass is 10.2. The Labute approximate surface area is 98.5 Å². The maximum atomic E-state index is 11.7. The van der Waals surface area contributed by atoms with E-state index in [9.17, 15) is 4.79 Å². The van der Waals surface area contributed by atoms with Gasteiger partial charge in [-0.2, -0.15) is 0 Å². The fourth-order valence-corrected chi connectivity index (χ4v) is 1.67. The first kappa shape index (κ1) is 10.6. The van der Waals surface area contributed by atoms with E-state index in [4.69, 9.17) is 11.5 Å². The molecule has 0 saturated heterocycles. The van der Waals surface area contributed by atoms with Gasteiger partial charge in [0, 0.05) is 4.47 Å². The van der Waals surface area contributed by atoms with Gasteiger partial charge < -0.3 is 11.5 Å². The molecule has 0 spiro atoms. The van der Waals surface area contributed by atoms with Crippen molar-refractivity contribution >= 4 is 38.7 Å². The summed E-state index contributed by atoms with van der Waals surface area (Å²) in [6.07, 6.45) is 0. The topological polar surface area (TPSA) is 112 Å². The van der Waals surface area contributed by atoms with Crippen LogP contribution >= 0.6 is 15.9 Å². The molecule has 0 aliphatic rings. The molecule has 0 aliphatic heterocycles. The summed E-state index contributed by atoms with van der Waals surface area (Å²) in [4.78, 5) is 20.9. The van der Waals surface area contributed by atoms with Gasteiger partial charge in [0.15, 0.2) is 0 Å². The van der Waals surface area contributed by atoms with Crippen LogP contribution in [-0.4, -0.2) is 15.9 Å². The number of H-pyrrole nitrogens is 1. The zero-order valence-electron chi connectivity index (χ0n) is 8.12. The zero-order valence-corrected chi connectivity index (χ0v) is 9.71. The number of guanidine groups is 1. The number of nitrogens with one attached hydrogen (secondary N) is 2. The van der Waals surface area contributed by atoms with Gasteiger partial charge in [0.25, 0.3) is 11.5 Å². The van der Waals surface area contributed by atoms with Gasteiger partial charge in [0.1, 0.15) is 5.52 Å². The van der Waals surface area contributed by atoms with Crippen LogP contribution in [0.3, 0.4) is 0 Å². The van der Waals surface area contributed by atoms with Gasteiger partial charge in [-0.3, -0.25) is 4.79 Å². The number of nitrogens with zero attached hydrogens (tertiary/aromatic N) is 1. The van der Waals surface area contributed by atoms with Crippen LogP contribution in [0.5, 0.6) is 0 Å². The van der Waals surface area contributed by atoms with Crippen molar-refractivity contribution in [1.82, 2.24) is 9.97 Å². The molecule has 0 amide bonds. The van der Waals surface area contributed by atoms with Gasteiger partial charge in [-0.1, -0.05) is 15.9 Å². The number of hydrogen-bond donors (Lipinski definition) is 4.